The number of carbonyl (C=O) groups excluding carboxylic acids is 1. The van der Waals surface area contributed by atoms with Gasteiger partial charge in [-0.3, -0.25) is 14.9 Å². The molecule has 0 spiro atoms. The summed E-state index contributed by atoms with van der Waals surface area (Å²) in [4.78, 5) is 33.5. The maximum absolute atomic E-state index is 12.0. The van der Waals surface area contributed by atoms with Gasteiger partial charge in [-0.05, 0) is 31.9 Å². The Labute approximate surface area is 184 Å². The van der Waals surface area contributed by atoms with Crippen molar-refractivity contribution in [2.45, 2.75) is 25.9 Å². The van der Waals surface area contributed by atoms with Crippen LogP contribution in [0.4, 0.5) is 17.3 Å². The second kappa shape index (κ2) is 9.67. The third-order valence-electron chi connectivity index (χ3n) is 5.46. The van der Waals surface area contributed by atoms with Gasteiger partial charge < -0.3 is 24.4 Å². The van der Waals surface area contributed by atoms with Crippen LogP contribution in [0.5, 0.6) is 11.5 Å². The van der Waals surface area contributed by atoms with Crippen LogP contribution in [0.2, 0.25) is 0 Å². The molecule has 3 heterocycles. The third kappa shape index (κ3) is 4.66. The molecule has 1 atom stereocenters. The van der Waals surface area contributed by atoms with E-state index in [-0.39, 0.29) is 41.9 Å². The second-order valence-electron chi connectivity index (χ2n) is 7.54. The van der Waals surface area contributed by atoms with E-state index in [1.807, 2.05) is 29.2 Å². The number of piperidine rings is 1. The first kappa shape index (κ1) is 21.6. The summed E-state index contributed by atoms with van der Waals surface area (Å²) in [6.07, 6.45) is 2.07. The number of esters is 1. The summed E-state index contributed by atoms with van der Waals surface area (Å²) in [7, 11) is 0. The zero-order chi connectivity index (χ0) is 22.5. The Hall–Kier alpha value is -3.63. The average molecular weight is 443 g/mol. The molecule has 0 aliphatic carbocycles. The van der Waals surface area contributed by atoms with Crippen molar-refractivity contribution >= 4 is 23.3 Å². The summed E-state index contributed by atoms with van der Waals surface area (Å²) in [5.41, 5.74) is -0.195. The van der Waals surface area contributed by atoms with Gasteiger partial charge in [0.05, 0.1) is 24.0 Å². The molecule has 0 bridgehead atoms. The van der Waals surface area contributed by atoms with Gasteiger partial charge >= 0.3 is 11.7 Å². The number of nitro groups is 1. The standard InChI is InChI=1S/C21H25N5O6/c1-2-30-21(27)14-7-9-25(10-8-14)20-18(26(28)29)19(23-13-24-20)22-11-15-12-31-16-5-3-4-6-17(16)32-15/h3-6,13-15H,2,7-12H2,1H3,(H,22,23,24). The van der Waals surface area contributed by atoms with Crippen LogP contribution in [0.1, 0.15) is 19.8 Å². The van der Waals surface area contributed by atoms with Crippen LogP contribution in [0.15, 0.2) is 30.6 Å². The zero-order valence-electron chi connectivity index (χ0n) is 17.7. The number of rotatable bonds is 7. The molecule has 11 heteroatoms. The Bertz CT molecular complexity index is 979. The third-order valence-corrected chi connectivity index (χ3v) is 5.46. The van der Waals surface area contributed by atoms with Gasteiger partial charge in [0, 0.05) is 13.1 Å². The van der Waals surface area contributed by atoms with Gasteiger partial charge in [0.2, 0.25) is 11.6 Å². The van der Waals surface area contributed by atoms with Crippen LogP contribution in [-0.4, -0.2) is 59.8 Å². The molecular weight excluding hydrogens is 418 g/mol. The Balaban J connectivity index is 1.44. The van der Waals surface area contributed by atoms with Crippen molar-refractivity contribution < 1.29 is 23.9 Å². The van der Waals surface area contributed by atoms with E-state index in [1.54, 1.807) is 6.92 Å². The highest BCUT2D eigenvalue weighted by atomic mass is 16.6. The maximum Gasteiger partial charge on any atom is 0.353 e. The quantitative estimate of drug-likeness (QED) is 0.387. The van der Waals surface area contributed by atoms with Crippen molar-refractivity contribution in [1.29, 1.82) is 0 Å². The molecule has 1 N–H and O–H groups in total. The summed E-state index contributed by atoms with van der Waals surface area (Å²) in [5.74, 6) is 1.24. The number of ether oxygens (including phenoxy) is 3. The highest BCUT2D eigenvalue weighted by Crippen LogP contribution is 2.35. The van der Waals surface area contributed by atoms with Gasteiger partial charge in [0.15, 0.2) is 11.5 Å². The number of carbonyl (C=O) groups is 1. The molecular formula is C21H25N5O6. The van der Waals surface area contributed by atoms with Gasteiger partial charge in [-0.25, -0.2) is 9.97 Å². The van der Waals surface area contributed by atoms with E-state index in [2.05, 4.69) is 15.3 Å². The Morgan fingerprint density at radius 3 is 2.75 bits per heavy atom. The predicted octanol–water partition coefficient (Wildman–Crippen LogP) is 2.42. The van der Waals surface area contributed by atoms with Crippen molar-refractivity contribution in [3.63, 3.8) is 0 Å². The largest absolute Gasteiger partial charge is 0.486 e. The summed E-state index contributed by atoms with van der Waals surface area (Å²) in [5, 5.41) is 14.9. The molecule has 2 aliphatic heterocycles. The van der Waals surface area contributed by atoms with E-state index in [4.69, 9.17) is 14.2 Å². The fraction of sp³-hybridized carbons (Fsp3) is 0.476. The van der Waals surface area contributed by atoms with Crippen LogP contribution in [0, 0.1) is 16.0 Å². The molecule has 1 unspecified atom stereocenters. The van der Waals surface area contributed by atoms with Gasteiger partial charge in [-0.2, -0.15) is 0 Å². The first-order valence-electron chi connectivity index (χ1n) is 10.6. The van der Waals surface area contributed by atoms with E-state index in [1.165, 1.54) is 6.33 Å². The molecule has 2 aromatic rings. The molecule has 1 fully saturated rings. The number of hydrogen-bond acceptors (Lipinski definition) is 10. The first-order chi connectivity index (χ1) is 15.6. The SMILES string of the molecule is CCOC(=O)C1CCN(c2ncnc(NCC3COc4ccccc4O3)c2[N+](=O)[O-])CC1. The zero-order valence-corrected chi connectivity index (χ0v) is 17.7. The van der Waals surface area contributed by atoms with Gasteiger partial charge in [-0.1, -0.05) is 12.1 Å². The number of anilines is 2. The van der Waals surface area contributed by atoms with Gasteiger partial charge in [0.1, 0.15) is 19.0 Å². The molecule has 1 aromatic heterocycles. The molecule has 32 heavy (non-hydrogen) atoms. The lowest BCUT2D eigenvalue weighted by atomic mass is 9.97. The van der Waals surface area contributed by atoms with Crippen LogP contribution >= 0.6 is 0 Å². The monoisotopic (exact) mass is 443 g/mol. The van der Waals surface area contributed by atoms with E-state index in [9.17, 15) is 14.9 Å². The smallest absolute Gasteiger partial charge is 0.353 e. The molecule has 0 amide bonds. The van der Waals surface area contributed by atoms with Crippen LogP contribution in [-0.2, 0) is 9.53 Å². The second-order valence-corrected chi connectivity index (χ2v) is 7.54. The minimum atomic E-state index is -0.484. The van der Waals surface area contributed by atoms with E-state index in [0.29, 0.717) is 50.6 Å². The number of nitrogens with zero attached hydrogens (tertiary/aromatic N) is 4. The summed E-state index contributed by atoms with van der Waals surface area (Å²) >= 11 is 0. The van der Waals surface area contributed by atoms with Crippen LogP contribution in [0.25, 0.3) is 0 Å². The van der Waals surface area contributed by atoms with Crippen LogP contribution < -0.4 is 19.7 Å². The molecule has 0 saturated carbocycles. The van der Waals surface area contributed by atoms with Crippen molar-refractivity contribution in [2.24, 2.45) is 5.92 Å². The Kier molecular flexibility index (Phi) is 6.52. The minimum absolute atomic E-state index is 0.120. The van der Waals surface area contributed by atoms with Crippen molar-refractivity contribution in [3.05, 3.63) is 40.7 Å². The summed E-state index contributed by atoms with van der Waals surface area (Å²) in [6.45, 7) is 3.64. The molecule has 0 radical (unpaired) electrons. The summed E-state index contributed by atoms with van der Waals surface area (Å²) in [6, 6.07) is 7.35. The maximum atomic E-state index is 12.0. The van der Waals surface area contributed by atoms with Gasteiger partial charge in [-0.15, -0.1) is 0 Å². The predicted molar refractivity (Wildman–Crippen MR) is 115 cm³/mol. The number of benzene rings is 1. The number of fused-ring (bicyclic) bond motifs is 1. The van der Waals surface area contributed by atoms with Crippen molar-refractivity contribution in [2.75, 3.05) is 43.1 Å². The molecule has 170 valence electrons. The lowest BCUT2D eigenvalue weighted by Gasteiger charge is -2.31. The number of nitrogens with one attached hydrogen (secondary N) is 1. The fourth-order valence-electron chi connectivity index (χ4n) is 3.86. The Morgan fingerprint density at radius 2 is 2.03 bits per heavy atom. The normalized spacial score (nSPS) is 18.2. The molecule has 4 rings (SSSR count). The topological polar surface area (TPSA) is 129 Å². The first-order valence-corrected chi connectivity index (χ1v) is 10.6. The highest BCUT2D eigenvalue weighted by Gasteiger charge is 2.32. The van der Waals surface area contributed by atoms with Gasteiger partial charge in [0.25, 0.3) is 0 Å². The van der Waals surface area contributed by atoms with E-state index in [0.717, 1.165) is 0 Å². The van der Waals surface area contributed by atoms with Crippen molar-refractivity contribution in [3.8, 4) is 11.5 Å². The molecule has 2 aliphatic rings. The average Bonchev–Trinajstić information content (AvgIpc) is 2.82. The Morgan fingerprint density at radius 1 is 1.28 bits per heavy atom. The van der Waals surface area contributed by atoms with Crippen LogP contribution in [0.3, 0.4) is 0 Å². The number of aromatic nitrogens is 2. The van der Waals surface area contributed by atoms with Crippen molar-refractivity contribution in [1.82, 2.24) is 9.97 Å². The molecule has 1 saturated heterocycles. The summed E-state index contributed by atoms with van der Waals surface area (Å²) < 4.78 is 16.7. The lowest BCUT2D eigenvalue weighted by molar-refractivity contribution is -0.383. The molecule has 11 nitrogen and oxygen atoms in total. The highest BCUT2D eigenvalue weighted by molar-refractivity contribution is 5.74. The minimum Gasteiger partial charge on any atom is -0.486 e. The molecule has 1 aromatic carbocycles. The van der Waals surface area contributed by atoms with E-state index < -0.39 is 4.92 Å². The fourth-order valence-corrected chi connectivity index (χ4v) is 3.86. The number of hydrogen-bond donors (Lipinski definition) is 1. The lowest BCUT2D eigenvalue weighted by Crippen LogP contribution is -2.38. The van der Waals surface area contributed by atoms with E-state index >= 15 is 0 Å². The number of para-hydroxylation sites is 2.